The maximum atomic E-state index is 13.3. The number of nitrogens with zero attached hydrogens (tertiary/aromatic N) is 2. The molecule has 6 heteroatoms. The van der Waals surface area contributed by atoms with Crippen molar-refractivity contribution in [3.05, 3.63) is 45.8 Å². The number of aryl methyl sites for hydroxylation is 1. The van der Waals surface area contributed by atoms with Crippen LogP contribution in [0.4, 0.5) is 15.9 Å². The molecule has 3 aromatic rings. The van der Waals surface area contributed by atoms with Crippen molar-refractivity contribution in [2.45, 2.75) is 26.2 Å². The first kappa shape index (κ1) is 14.8. The Bertz CT molecular complexity index is 893. The van der Waals surface area contributed by atoms with E-state index in [1.165, 1.54) is 22.9 Å². The molecule has 0 fully saturated rings. The zero-order chi connectivity index (χ0) is 16.0. The van der Waals surface area contributed by atoms with Gasteiger partial charge in [-0.05, 0) is 48.9 Å². The Morgan fingerprint density at radius 3 is 3.04 bits per heavy atom. The van der Waals surface area contributed by atoms with Gasteiger partial charge in [0.05, 0.1) is 10.4 Å². The maximum Gasteiger partial charge on any atom is 0.142 e. The quantitative estimate of drug-likeness (QED) is 0.678. The molecule has 118 valence electrons. The van der Waals surface area contributed by atoms with Crippen LogP contribution < -0.4 is 5.32 Å². The number of halogens is 2. The highest BCUT2D eigenvalue weighted by Gasteiger charge is 2.23. The molecule has 0 bridgehead atoms. The van der Waals surface area contributed by atoms with Crippen LogP contribution in [0.25, 0.3) is 10.2 Å². The summed E-state index contributed by atoms with van der Waals surface area (Å²) < 4.78 is 13.3. The van der Waals surface area contributed by atoms with Crippen LogP contribution in [0, 0.1) is 11.7 Å². The molecule has 0 spiro atoms. The largest absolute Gasteiger partial charge is 0.340 e. The third-order valence-corrected chi connectivity index (χ3v) is 5.73. The van der Waals surface area contributed by atoms with Crippen LogP contribution in [0.15, 0.2) is 24.5 Å². The molecule has 2 aromatic heterocycles. The van der Waals surface area contributed by atoms with Gasteiger partial charge in [-0.25, -0.2) is 14.4 Å². The van der Waals surface area contributed by atoms with Crippen molar-refractivity contribution in [2.24, 2.45) is 5.92 Å². The first-order valence-corrected chi connectivity index (χ1v) is 8.78. The lowest BCUT2D eigenvalue weighted by Gasteiger charge is -2.18. The van der Waals surface area contributed by atoms with E-state index in [1.54, 1.807) is 29.8 Å². The predicted molar refractivity (Wildman–Crippen MR) is 93.3 cm³/mol. The number of fused-ring (bicyclic) bond motifs is 3. The SMILES string of the molecule is C[C@H]1CCc2c(sc3ncnc(Nc4ccc(F)c(Cl)c4)c23)C1. The Kier molecular flexibility index (Phi) is 3.70. The molecule has 0 unspecified atom stereocenters. The second-order valence-corrected chi connectivity index (χ2v) is 7.50. The van der Waals surface area contributed by atoms with Crippen LogP contribution in [0.2, 0.25) is 5.02 Å². The minimum Gasteiger partial charge on any atom is -0.340 e. The van der Waals surface area contributed by atoms with E-state index in [4.69, 9.17) is 11.6 Å². The average Bonchev–Trinajstić information content (AvgIpc) is 2.89. The molecule has 1 aliphatic carbocycles. The fraction of sp³-hybridized carbons (Fsp3) is 0.294. The number of benzene rings is 1. The number of rotatable bonds is 2. The van der Waals surface area contributed by atoms with Crippen molar-refractivity contribution >= 4 is 44.7 Å². The molecule has 2 heterocycles. The number of thiophene rings is 1. The van der Waals surface area contributed by atoms with Crippen LogP contribution in [0.5, 0.6) is 0 Å². The highest BCUT2D eigenvalue weighted by molar-refractivity contribution is 7.19. The summed E-state index contributed by atoms with van der Waals surface area (Å²) in [6, 6.07) is 4.59. The van der Waals surface area contributed by atoms with E-state index < -0.39 is 5.82 Å². The first-order chi connectivity index (χ1) is 11.1. The van der Waals surface area contributed by atoms with Gasteiger partial charge >= 0.3 is 0 Å². The van der Waals surface area contributed by atoms with E-state index in [1.807, 2.05) is 0 Å². The van der Waals surface area contributed by atoms with E-state index in [-0.39, 0.29) is 5.02 Å². The molecule has 23 heavy (non-hydrogen) atoms. The van der Waals surface area contributed by atoms with Gasteiger partial charge in [-0.3, -0.25) is 0 Å². The lowest BCUT2D eigenvalue weighted by atomic mass is 9.89. The van der Waals surface area contributed by atoms with Crippen molar-refractivity contribution in [2.75, 3.05) is 5.32 Å². The Labute approximate surface area is 142 Å². The molecule has 3 nitrogen and oxygen atoms in total. The monoisotopic (exact) mass is 347 g/mol. The summed E-state index contributed by atoms with van der Waals surface area (Å²) in [6.07, 6.45) is 4.93. The summed E-state index contributed by atoms with van der Waals surface area (Å²) in [5.74, 6) is 1.06. The van der Waals surface area contributed by atoms with Gasteiger partial charge < -0.3 is 5.32 Å². The molecule has 0 saturated carbocycles. The van der Waals surface area contributed by atoms with Gasteiger partial charge in [0.15, 0.2) is 0 Å². The first-order valence-electron chi connectivity index (χ1n) is 7.59. The van der Waals surface area contributed by atoms with Crippen molar-refractivity contribution in [1.82, 2.24) is 9.97 Å². The topological polar surface area (TPSA) is 37.8 Å². The minimum absolute atomic E-state index is 0.0986. The summed E-state index contributed by atoms with van der Waals surface area (Å²) in [5.41, 5.74) is 2.08. The normalized spacial score (nSPS) is 17.3. The van der Waals surface area contributed by atoms with Gasteiger partial charge in [-0.2, -0.15) is 0 Å². The van der Waals surface area contributed by atoms with Crippen LogP contribution >= 0.6 is 22.9 Å². The third-order valence-electron chi connectivity index (χ3n) is 4.27. The van der Waals surface area contributed by atoms with Gasteiger partial charge in [0.25, 0.3) is 0 Å². The molecule has 0 amide bonds. The van der Waals surface area contributed by atoms with Crippen molar-refractivity contribution in [3.63, 3.8) is 0 Å². The molecule has 1 aliphatic rings. The van der Waals surface area contributed by atoms with Gasteiger partial charge in [-0.1, -0.05) is 18.5 Å². The average molecular weight is 348 g/mol. The van der Waals surface area contributed by atoms with E-state index >= 15 is 0 Å². The van der Waals surface area contributed by atoms with Crippen LogP contribution in [-0.2, 0) is 12.8 Å². The number of hydrogen-bond donors (Lipinski definition) is 1. The van der Waals surface area contributed by atoms with Crippen molar-refractivity contribution < 1.29 is 4.39 Å². The fourth-order valence-corrected chi connectivity index (χ4v) is 4.61. The third kappa shape index (κ3) is 2.68. The maximum absolute atomic E-state index is 13.3. The van der Waals surface area contributed by atoms with Gasteiger partial charge in [0.2, 0.25) is 0 Å². The summed E-state index contributed by atoms with van der Waals surface area (Å²) in [5, 5.41) is 4.46. The van der Waals surface area contributed by atoms with Gasteiger partial charge in [0.1, 0.15) is 22.8 Å². The lowest BCUT2D eigenvalue weighted by molar-refractivity contribution is 0.509. The lowest BCUT2D eigenvalue weighted by Crippen LogP contribution is -2.09. The van der Waals surface area contributed by atoms with E-state index in [9.17, 15) is 4.39 Å². The second-order valence-electron chi connectivity index (χ2n) is 6.01. The van der Waals surface area contributed by atoms with E-state index in [2.05, 4.69) is 22.2 Å². The summed E-state index contributed by atoms with van der Waals surface area (Å²) in [6.45, 7) is 2.29. The molecule has 0 saturated heterocycles. The smallest absolute Gasteiger partial charge is 0.142 e. The van der Waals surface area contributed by atoms with E-state index in [0.717, 1.165) is 40.5 Å². The molecule has 1 N–H and O–H groups in total. The minimum atomic E-state index is -0.424. The predicted octanol–water partition coefficient (Wildman–Crippen LogP) is 5.35. The Hall–Kier alpha value is -1.72. The Balaban J connectivity index is 1.79. The van der Waals surface area contributed by atoms with Crippen LogP contribution in [0.1, 0.15) is 23.8 Å². The van der Waals surface area contributed by atoms with Crippen LogP contribution in [-0.4, -0.2) is 9.97 Å². The molecule has 4 rings (SSSR count). The number of hydrogen-bond acceptors (Lipinski definition) is 4. The number of anilines is 2. The molecule has 0 radical (unpaired) electrons. The summed E-state index contributed by atoms with van der Waals surface area (Å²) in [4.78, 5) is 11.3. The molecular weight excluding hydrogens is 333 g/mol. The van der Waals surface area contributed by atoms with Gasteiger partial charge in [0, 0.05) is 10.6 Å². The highest BCUT2D eigenvalue weighted by Crippen LogP contribution is 2.40. The van der Waals surface area contributed by atoms with Crippen molar-refractivity contribution in [3.8, 4) is 0 Å². The number of nitrogens with one attached hydrogen (secondary N) is 1. The summed E-state index contributed by atoms with van der Waals surface area (Å²) in [7, 11) is 0. The van der Waals surface area contributed by atoms with Crippen LogP contribution in [0.3, 0.4) is 0 Å². The Morgan fingerprint density at radius 1 is 1.35 bits per heavy atom. The zero-order valence-electron chi connectivity index (χ0n) is 12.6. The van der Waals surface area contributed by atoms with Crippen molar-refractivity contribution in [1.29, 1.82) is 0 Å². The molecular formula is C17H15ClFN3S. The number of aromatic nitrogens is 2. The highest BCUT2D eigenvalue weighted by atomic mass is 35.5. The standard InChI is InChI=1S/C17H15ClFN3S/c1-9-2-4-11-14(6-9)23-17-15(11)16(20-8-21-17)22-10-3-5-13(19)12(18)7-10/h3,5,7-9H,2,4,6H2,1H3,(H,20,21,22)/t9-/m0/s1. The molecule has 0 aliphatic heterocycles. The van der Waals surface area contributed by atoms with Gasteiger partial charge in [-0.15, -0.1) is 11.3 Å². The fourth-order valence-electron chi connectivity index (χ4n) is 3.08. The summed E-state index contributed by atoms with van der Waals surface area (Å²) >= 11 is 7.62. The zero-order valence-corrected chi connectivity index (χ0v) is 14.1. The van der Waals surface area contributed by atoms with E-state index in [0.29, 0.717) is 0 Å². The molecule has 1 aromatic carbocycles. The molecule has 1 atom stereocenters. The second kappa shape index (κ2) is 5.73. The Morgan fingerprint density at radius 2 is 2.22 bits per heavy atom.